The first kappa shape index (κ1) is 25.8. The van der Waals surface area contributed by atoms with Gasteiger partial charge in [0.1, 0.15) is 6.10 Å². The number of ether oxygens (including phenoxy) is 2. The first-order valence-corrected chi connectivity index (χ1v) is 13.2. The predicted molar refractivity (Wildman–Crippen MR) is 144 cm³/mol. The van der Waals surface area contributed by atoms with Crippen LogP contribution < -0.4 is 9.47 Å². The zero-order valence-corrected chi connectivity index (χ0v) is 22.1. The Morgan fingerprint density at radius 2 is 1.66 bits per heavy atom. The molecule has 3 heterocycles. The van der Waals surface area contributed by atoms with Crippen molar-refractivity contribution < 1.29 is 19.1 Å². The number of amides is 2. The number of rotatable bonds is 7. The average Bonchev–Trinajstić information content (AvgIpc) is 3.49. The predicted octanol–water partition coefficient (Wildman–Crippen LogP) is 3.23. The Bertz CT molecular complexity index is 1230. The van der Waals surface area contributed by atoms with Gasteiger partial charge >= 0.3 is 0 Å². The fourth-order valence-corrected chi connectivity index (χ4v) is 5.11. The largest absolute Gasteiger partial charge is 0.493 e. The van der Waals surface area contributed by atoms with E-state index in [1.165, 1.54) is 0 Å². The molecule has 0 N–H and O–H groups in total. The van der Waals surface area contributed by atoms with Crippen LogP contribution in [0.4, 0.5) is 0 Å². The second-order valence-electron chi connectivity index (χ2n) is 9.87. The lowest BCUT2D eigenvalue weighted by Gasteiger charge is -2.34. The Hall–Kier alpha value is -3.85. The quantitative estimate of drug-likeness (QED) is 0.479. The van der Waals surface area contributed by atoms with E-state index in [1.54, 1.807) is 24.9 Å². The second kappa shape index (κ2) is 11.7. The Kier molecular flexibility index (Phi) is 7.93. The van der Waals surface area contributed by atoms with Gasteiger partial charge in [0.15, 0.2) is 11.5 Å². The molecular weight excluding hydrogens is 482 g/mol. The van der Waals surface area contributed by atoms with Crippen LogP contribution in [0.25, 0.3) is 5.69 Å². The summed E-state index contributed by atoms with van der Waals surface area (Å²) in [7, 11) is 1.65. The Labute approximate surface area is 223 Å². The van der Waals surface area contributed by atoms with E-state index in [0.717, 1.165) is 62.6 Å². The van der Waals surface area contributed by atoms with Crippen LogP contribution in [-0.4, -0.2) is 88.8 Å². The molecule has 38 heavy (non-hydrogen) atoms. The highest BCUT2D eigenvalue weighted by Crippen LogP contribution is 2.31. The van der Waals surface area contributed by atoms with E-state index in [0.29, 0.717) is 24.4 Å². The van der Waals surface area contributed by atoms with E-state index in [-0.39, 0.29) is 17.9 Å². The number of nitrogens with zero attached hydrogens (tertiary/aromatic N) is 5. The molecule has 0 atom stereocenters. The zero-order valence-electron chi connectivity index (χ0n) is 22.1. The van der Waals surface area contributed by atoms with E-state index >= 15 is 0 Å². The van der Waals surface area contributed by atoms with Crippen LogP contribution in [0.2, 0.25) is 0 Å². The number of methoxy groups -OCH3 is 1. The van der Waals surface area contributed by atoms with Crippen LogP contribution in [0.1, 0.15) is 35.7 Å². The van der Waals surface area contributed by atoms with Crippen molar-refractivity contribution in [1.82, 2.24) is 24.5 Å². The third-order valence-corrected chi connectivity index (χ3v) is 7.36. The Morgan fingerprint density at radius 3 is 2.29 bits per heavy atom. The summed E-state index contributed by atoms with van der Waals surface area (Å²) >= 11 is 0. The van der Waals surface area contributed by atoms with E-state index in [2.05, 4.69) is 22.1 Å². The van der Waals surface area contributed by atoms with Crippen molar-refractivity contribution in [3.8, 4) is 17.2 Å². The molecule has 2 amide bonds. The van der Waals surface area contributed by atoms with Gasteiger partial charge in [-0.05, 0) is 48.0 Å². The number of hydrogen-bond acceptors (Lipinski definition) is 6. The highest BCUT2D eigenvalue weighted by Gasteiger charge is 2.26. The van der Waals surface area contributed by atoms with Crippen LogP contribution in [0, 0.1) is 0 Å². The molecular formula is C29H35N5O4. The lowest BCUT2D eigenvalue weighted by Crippen LogP contribution is -2.47. The lowest BCUT2D eigenvalue weighted by atomic mass is 10.1. The highest BCUT2D eigenvalue weighted by molar-refractivity contribution is 5.94. The maximum atomic E-state index is 13.1. The molecule has 200 valence electrons. The number of hydrogen-bond donors (Lipinski definition) is 0. The molecule has 0 radical (unpaired) electrons. The maximum absolute atomic E-state index is 13.1. The van der Waals surface area contributed by atoms with Crippen molar-refractivity contribution in [3.63, 3.8) is 0 Å². The van der Waals surface area contributed by atoms with Crippen molar-refractivity contribution >= 4 is 11.8 Å². The molecule has 2 fully saturated rings. The molecule has 1 aromatic heterocycles. The molecule has 9 nitrogen and oxygen atoms in total. The summed E-state index contributed by atoms with van der Waals surface area (Å²) in [5.41, 5.74) is 2.76. The van der Waals surface area contributed by atoms with Crippen molar-refractivity contribution in [2.75, 3.05) is 46.4 Å². The summed E-state index contributed by atoms with van der Waals surface area (Å²) in [6, 6.07) is 15.5. The van der Waals surface area contributed by atoms with Crippen molar-refractivity contribution in [2.24, 2.45) is 0 Å². The van der Waals surface area contributed by atoms with Gasteiger partial charge in [-0.2, -0.15) is 5.10 Å². The molecule has 3 aromatic rings. The van der Waals surface area contributed by atoms with Crippen LogP contribution in [0.3, 0.4) is 0 Å². The molecule has 2 aliphatic rings. The molecule has 0 aliphatic carbocycles. The van der Waals surface area contributed by atoms with Crippen molar-refractivity contribution in [2.45, 2.75) is 32.4 Å². The van der Waals surface area contributed by atoms with Crippen LogP contribution in [-0.2, 0) is 11.3 Å². The third-order valence-electron chi connectivity index (χ3n) is 7.36. The van der Waals surface area contributed by atoms with Gasteiger partial charge in [0.05, 0.1) is 12.8 Å². The summed E-state index contributed by atoms with van der Waals surface area (Å²) < 4.78 is 13.7. The van der Waals surface area contributed by atoms with E-state index < -0.39 is 0 Å². The number of likely N-dealkylation sites (tertiary alicyclic amines) is 1. The van der Waals surface area contributed by atoms with Gasteiger partial charge in [0.2, 0.25) is 5.91 Å². The first-order valence-electron chi connectivity index (χ1n) is 13.2. The zero-order chi connectivity index (χ0) is 26.5. The normalized spacial score (nSPS) is 16.9. The number of benzene rings is 2. The maximum Gasteiger partial charge on any atom is 0.253 e. The van der Waals surface area contributed by atoms with Gasteiger partial charge in [-0.25, -0.2) is 4.68 Å². The molecule has 2 aliphatic heterocycles. The number of aromatic nitrogens is 2. The molecule has 2 aromatic carbocycles. The Balaban J connectivity index is 1.15. The molecule has 0 spiro atoms. The molecule has 2 saturated heterocycles. The van der Waals surface area contributed by atoms with Gasteiger partial charge < -0.3 is 19.3 Å². The topological polar surface area (TPSA) is 80.1 Å². The fourth-order valence-electron chi connectivity index (χ4n) is 5.11. The summed E-state index contributed by atoms with van der Waals surface area (Å²) in [6.45, 7) is 6.98. The van der Waals surface area contributed by atoms with Gasteiger partial charge in [0.25, 0.3) is 5.91 Å². The van der Waals surface area contributed by atoms with Crippen LogP contribution >= 0.6 is 0 Å². The first-order chi connectivity index (χ1) is 18.5. The van der Waals surface area contributed by atoms with E-state index in [1.807, 2.05) is 52.4 Å². The van der Waals surface area contributed by atoms with Crippen molar-refractivity contribution in [1.29, 1.82) is 0 Å². The smallest absolute Gasteiger partial charge is 0.253 e. The SMILES string of the molecule is COc1ccc(CN2CCN(C(C)=O)CC2)cc1OC1CCN(C(=O)c2ccc(-n3cccn3)cc2)CC1. The average molecular weight is 518 g/mol. The molecule has 5 rings (SSSR count). The summed E-state index contributed by atoms with van der Waals surface area (Å²) in [5.74, 6) is 1.64. The van der Waals surface area contributed by atoms with Gasteiger partial charge in [0, 0.05) is 83.5 Å². The number of carbonyl (C=O) groups is 2. The molecule has 0 unspecified atom stereocenters. The summed E-state index contributed by atoms with van der Waals surface area (Å²) in [4.78, 5) is 30.8. The number of carbonyl (C=O) groups excluding carboxylic acids is 2. The molecule has 0 saturated carbocycles. The standard InChI is InChI=1S/C29H35N5O4/c1-22(35)32-18-16-31(17-19-32)21-23-4-9-27(37-2)28(20-23)38-26-10-14-33(15-11-26)29(36)24-5-7-25(8-6-24)34-13-3-12-30-34/h3-9,12-13,20,26H,10-11,14-19,21H2,1-2H3. The highest BCUT2D eigenvalue weighted by atomic mass is 16.5. The minimum atomic E-state index is 0.0181. The summed E-state index contributed by atoms with van der Waals surface area (Å²) in [6.07, 6.45) is 5.15. The van der Waals surface area contributed by atoms with Gasteiger partial charge in [-0.3, -0.25) is 14.5 Å². The van der Waals surface area contributed by atoms with Gasteiger partial charge in [-0.15, -0.1) is 0 Å². The summed E-state index contributed by atoms with van der Waals surface area (Å²) in [5, 5.41) is 4.23. The minimum Gasteiger partial charge on any atom is -0.493 e. The molecule has 9 heteroatoms. The third kappa shape index (κ3) is 5.99. The van der Waals surface area contributed by atoms with Crippen LogP contribution in [0.5, 0.6) is 11.5 Å². The second-order valence-corrected chi connectivity index (χ2v) is 9.87. The van der Waals surface area contributed by atoms with E-state index in [9.17, 15) is 9.59 Å². The van der Waals surface area contributed by atoms with E-state index in [4.69, 9.17) is 9.47 Å². The number of piperidine rings is 1. The fraction of sp³-hybridized carbons (Fsp3) is 0.414. The van der Waals surface area contributed by atoms with Crippen LogP contribution in [0.15, 0.2) is 60.9 Å². The van der Waals surface area contributed by atoms with Crippen molar-refractivity contribution in [3.05, 3.63) is 72.1 Å². The monoisotopic (exact) mass is 517 g/mol. The van der Waals surface area contributed by atoms with Gasteiger partial charge in [-0.1, -0.05) is 6.07 Å². The lowest BCUT2D eigenvalue weighted by molar-refractivity contribution is -0.130. The minimum absolute atomic E-state index is 0.0181. The Morgan fingerprint density at radius 1 is 0.921 bits per heavy atom. The number of piperazine rings is 1. The molecule has 0 bridgehead atoms.